The minimum absolute atomic E-state index is 0.201. The number of rotatable bonds is 6. The number of carbonyl (C=O) groups excluding carboxylic acids is 2. The van der Waals surface area contributed by atoms with Gasteiger partial charge in [-0.1, -0.05) is 12.1 Å². The van der Waals surface area contributed by atoms with Crippen molar-refractivity contribution >= 4 is 23.1 Å². The molecule has 3 heterocycles. The molecule has 176 valence electrons. The molecule has 4 aromatic rings. The summed E-state index contributed by atoms with van der Waals surface area (Å²) in [6.45, 7) is 5.84. The second-order valence-electron chi connectivity index (χ2n) is 8.44. The minimum Gasteiger partial charge on any atom is -0.479 e. The summed E-state index contributed by atoms with van der Waals surface area (Å²) in [5, 5.41) is 4.19. The van der Waals surface area contributed by atoms with Gasteiger partial charge in [-0.3, -0.25) is 0 Å². The Bertz CT molecular complexity index is 1350. The molecule has 4 rings (SSSR count). The number of benzene rings is 1. The first-order valence-electron chi connectivity index (χ1n) is 10.4. The topological polar surface area (TPSA) is 123 Å². The predicted molar refractivity (Wildman–Crippen MR) is 121 cm³/mol. The van der Waals surface area contributed by atoms with Crippen LogP contribution in [0.15, 0.2) is 43.0 Å². The first kappa shape index (κ1) is 22.9. The van der Waals surface area contributed by atoms with Crippen LogP contribution in [-0.2, 0) is 16.0 Å². The Kier molecular flexibility index (Phi) is 6.01. The fraction of sp³-hybridized carbons (Fsp3) is 0.304. The molecule has 0 amide bonds. The molecule has 0 saturated heterocycles. The van der Waals surface area contributed by atoms with Crippen molar-refractivity contribution in [3.8, 4) is 11.8 Å². The molecule has 0 atom stereocenters. The summed E-state index contributed by atoms with van der Waals surface area (Å²) in [4.78, 5) is 37.3. The zero-order chi connectivity index (χ0) is 24.5. The van der Waals surface area contributed by atoms with E-state index in [1.54, 1.807) is 39.2 Å². The van der Waals surface area contributed by atoms with Crippen LogP contribution in [0.4, 0.5) is 0 Å². The Labute approximate surface area is 195 Å². The second-order valence-corrected chi connectivity index (χ2v) is 8.44. The highest BCUT2D eigenvalue weighted by atomic mass is 16.6. The number of hydrogen-bond acceptors (Lipinski definition) is 9. The van der Waals surface area contributed by atoms with Crippen molar-refractivity contribution in [1.82, 2.24) is 29.3 Å². The summed E-state index contributed by atoms with van der Waals surface area (Å²) >= 11 is 0. The Morgan fingerprint density at radius 3 is 2.38 bits per heavy atom. The minimum atomic E-state index is -0.621. The summed E-state index contributed by atoms with van der Waals surface area (Å²) < 4.78 is 18.8. The van der Waals surface area contributed by atoms with E-state index in [-0.39, 0.29) is 11.5 Å². The average molecular weight is 464 g/mol. The maximum Gasteiger partial charge on any atom is 0.341 e. The monoisotopic (exact) mass is 464 g/mol. The molecule has 3 aromatic heterocycles. The van der Waals surface area contributed by atoms with Crippen molar-refractivity contribution in [1.29, 1.82) is 0 Å². The summed E-state index contributed by atoms with van der Waals surface area (Å²) in [7, 11) is 2.85. The lowest BCUT2D eigenvalue weighted by Crippen LogP contribution is -2.23. The zero-order valence-electron chi connectivity index (χ0n) is 19.5. The Balaban J connectivity index is 1.63. The van der Waals surface area contributed by atoms with Crippen LogP contribution in [-0.4, -0.2) is 61.1 Å². The van der Waals surface area contributed by atoms with E-state index in [0.29, 0.717) is 29.2 Å². The van der Waals surface area contributed by atoms with Gasteiger partial charge in [0.25, 0.3) is 5.95 Å². The highest BCUT2D eigenvalue weighted by molar-refractivity contribution is 5.89. The van der Waals surface area contributed by atoms with E-state index in [2.05, 4.69) is 20.1 Å². The van der Waals surface area contributed by atoms with Crippen molar-refractivity contribution in [3.05, 3.63) is 59.7 Å². The Morgan fingerprint density at radius 2 is 1.74 bits per heavy atom. The molecule has 0 aliphatic heterocycles. The van der Waals surface area contributed by atoms with Crippen LogP contribution in [0.25, 0.3) is 17.1 Å². The lowest BCUT2D eigenvalue weighted by Gasteiger charge is -2.18. The highest BCUT2D eigenvalue weighted by Crippen LogP contribution is 2.24. The Hall–Kier alpha value is -4.28. The highest BCUT2D eigenvalue weighted by Gasteiger charge is 2.21. The second kappa shape index (κ2) is 8.93. The SMILES string of the molecule is COC(=O)c1ccc(Cn2cnc3nc(-n4cc(C(=O)OC(C)(C)C)cn4)nc(OC)c32)cc1. The molecule has 0 spiro atoms. The normalized spacial score (nSPS) is 11.4. The van der Waals surface area contributed by atoms with Crippen LogP contribution < -0.4 is 4.74 Å². The number of ether oxygens (including phenoxy) is 3. The van der Waals surface area contributed by atoms with Gasteiger partial charge in [0.15, 0.2) is 11.2 Å². The number of nitrogens with zero attached hydrogens (tertiary/aromatic N) is 6. The fourth-order valence-corrected chi connectivity index (χ4v) is 3.24. The van der Waals surface area contributed by atoms with Crippen molar-refractivity contribution < 1.29 is 23.8 Å². The van der Waals surface area contributed by atoms with Crippen LogP contribution in [0.2, 0.25) is 0 Å². The van der Waals surface area contributed by atoms with Crippen molar-refractivity contribution in [2.75, 3.05) is 14.2 Å². The van der Waals surface area contributed by atoms with Gasteiger partial charge in [-0.15, -0.1) is 0 Å². The molecule has 0 fully saturated rings. The molecule has 0 aliphatic carbocycles. The van der Waals surface area contributed by atoms with Gasteiger partial charge in [0.05, 0.1) is 37.9 Å². The summed E-state index contributed by atoms with van der Waals surface area (Å²) in [6, 6.07) is 7.07. The van der Waals surface area contributed by atoms with E-state index in [0.717, 1.165) is 5.56 Å². The summed E-state index contributed by atoms with van der Waals surface area (Å²) in [5.74, 6) is -0.380. The number of carbonyl (C=O) groups is 2. The van der Waals surface area contributed by atoms with Gasteiger partial charge in [-0.05, 0) is 38.5 Å². The van der Waals surface area contributed by atoms with Gasteiger partial charge < -0.3 is 18.8 Å². The van der Waals surface area contributed by atoms with E-state index in [1.165, 1.54) is 31.3 Å². The molecular weight excluding hydrogens is 440 g/mol. The quantitative estimate of drug-likeness (QED) is 0.396. The molecule has 0 N–H and O–H groups in total. The molecule has 11 heteroatoms. The van der Waals surface area contributed by atoms with Crippen LogP contribution in [0.1, 0.15) is 47.1 Å². The average Bonchev–Trinajstić information content (AvgIpc) is 3.45. The standard InChI is InChI=1S/C23H24N6O5/c1-23(2,3)34-21(31)16-10-25-29(12-16)22-26-18-17(19(27-22)32-4)28(13-24-18)11-14-6-8-15(9-7-14)20(30)33-5/h6-10,12-13H,11H2,1-5H3. The molecule has 0 bridgehead atoms. The Morgan fingerprint density at radius 1 is 1.00 bits per heavy atom. The van der Waals surface area contributed by atoms with E-state index < -0.39 is 17.5 Å². The van der Waals surface area contributed by atoms with Gasteiger partial charge in [0.2, 0.25) is 5.88 Å². The third-order valence-corrected chi connectivity index (χ3v) is 4.77. The van der Waals surface area contributed by atoms with Gasteiger partial charge in [-0.25, -0.2) is 19.3 Å². The summed E-state index contributed by atoms with van der Waals surface area (Å²) in [6.07, 6.45) is 4.52. The smallest absolute Gasteiger partial charge is 0.341 e. The van der Waals surface area contributed by atoms with E-state index >= 15 is 0 Å². The number of imidazole rings is 1. The molecule has 0 radical (unpaired) electrons. The van der Waals surface area contributed by atoms with E-state index in [9.17, 15) is 9.59 Å². The van der Waals surface area contributed by atoms with Crippen LogP contribution in [0.3, 0.4) is 0 Å². The number of esters is 2. The largest absolute Gasteiger partial charge is 0.479 e. The van der Waals surface area contributed by atoms with Gasteiger partial charge in [0.1, 0.15) is 5.60 Å². The fourth-order valence-electron chi connectivity index (χ4n) is 3.24. The van der Waals surface area contributed by atoms with Crippen LogP contribution >= 0.6 is 0 Å². The lowest BCUT2D eigenvalue weighted by atomic mass is 10.1. The first-order chi connectivity index (χ1) is 16.2. The first-order valence-corrected chi connectivity index (χ1v) is 10.4. The zero-order valence-corrected chi connectivity index (χ0v) is 19.5. The number of aromatic nitrogens is 6. The number of methoxy groups -OCH3 is 2. The summed E-state index contributed by atoms with van der Waals surface area (Å²) in [5.41, 5.74) is 2.07. The van der Waals surface area contributed by atoms with E-state index in [4.69, 9.17) is 14.2 Å². The molecule has 0 saturated carbocycles. The third kappa shape index (κ3) is 4.72. The maximum absolute atomic E-state index is 12.3. The molecule has 34 heavy (non-hydrogen) atoms. The number of fused-ring (bicyclic) bond motifs is 1. The van der Waals surface area contributed by atoms with Crippen molar-refractivity contribution in [2.24, 2.45) is 0 Å². The van der Waals surface area contributed by atoms with Crippen LogP contribution in [0, 0.1) is 0 Å². The third-order valence-electron chi connectivity index (χ3n) is 4.77. The van der Waals surface area contributed by atoms with Gasteiger partial charge in [-0.2, -0.15) is 15.1 Å². The number of hydrogen-bond donors (Lipinski definition) is 0. The van der Waals surface area contributed by atoms with E-state index in [1.807, 2.05) is 16.7 Å². The van der Waals surface area contributed by atoms with Crippen molar-refractivity contribution in [2.45, 2.75) is 32.9 Å². The van der Waals surface area contributed by atoms with Crippen LogP contribution in [0.5, 0.6) is 5.88 Å². The van der Waals surface area contributed by atoms with Crippen molar-refractivity contribution in [3.63, 3.8) is 0 Å². The predicted octanol–water partition coefficient (Wildman–Crippen LogP) is 2.81. The molecule has 0 aliphatic rings. The van der Waals surface area contributed by atoms with Gasteiger partial charge >= 0.3 is 11.9 Å². The molecule has 11 nitrogen and oxygen atoms in total. The maximum atomic E-state index is 12.3. The van der Waals surface area contributed by atoms with Gasteiger partial charge in [0, 0.05) is 12.7 Å². The molecule has 1 aromatic carbocycles. The molecular formula is C23H24N6O5. The lowest BCUT2D eigenvalue weighted by molar-refractivity contribution is 0.00693. The molecule has 0 unspecified atom stereocenters.